The summed E-state index contributed by atoms with van der Waals surface area (Å²) in [5.41, 5.74) is 3.01. The molecule has 10 aliphatic rings. The van der Waals surface area contributed by atoms with Crippen LogP contribution in [0.2, 0.25) is 0 Å². The summed E-state index contributed by atoms with van der Waals surface area (Å²) in [6.45, 7) is 8.96. The van der Waals surface area contributed by atoms with E-state index in [1.165, 1.54) is 136 Å². The molecule has 0 spiro atoms. The van der Waals surface area contributed by atoms with Crippen molar-refractivity contribution in [3.63, 3.8) is 0 Å². The van der Waals surface area contributed by atoms with E-state index in [1.807, 2.05) is 32.9 Å². The molecule has 119 heavy (non-hydrogen) atoms. The van der Waals surface area contributed by atoms with E-state index < -0.39 is 137 Å². The maximum atomic E-state index is 13.5. The molecule has 29 atom stereocenters. The van der Waals surface area contributed by atoms with Gasteiger partial charge in [0.05, 0.1) is 66.0 Å². The van der Waals surface area contributed by atoms with Crippen molar-refractivity contribution >= 4 is 14.1 Å². The first kappa shape index (κ1) is 74.1. The number of phosphoric ester groups is 1. The summed E-state index contributed by atoms with van der Waals surface area (Å²) in [6.07, 6.45) is 39.3. The van der Waals surface area contributed by atoms with Crippen molar-refractivity contribution < 1.29 is 104 Å². The summed E-state index contributed by atoms with van der Waals surface area (Å²) in [5.74, 6) is 8.03. The number of aldehydes is 1. The molecule has 0 unspecified atom stereocenters. The molecule has 0 radical (unpaired) electrons. The number of nitrogens with two attached hydrogens (primary N) is 2. The highest BCUT2D eigenvalue weighted by Gasteiger charge is 2.57. The van der Waals surface area contributed by atoms with Gasteiger partial charge in [0.1, 0.15) is 33.5 Å². The van der Waals surface area contributed by atoms with Crippen LogP contribution in [-0.4, -0.2) is 138 Å². The number of carbonyl (C=O) groups excluding carboxylic acids is 1. The van der Waals surface area contributed by atoms with Crippen molar-refractivity contribution in [2.45, 2.75) is 379 Å². The van der Waals surface area contributed by atoms with E-state index in [-0.39, 0.29) is 82.4 Å². The number of ether oxygens (including phenoxy) is 8. The zero-order valence-corrected chi connectivity index (χ0v) is 78.2. The van der Waals surface area contributed by atoms with E-state index in [0.717, 1.165) is 119 Å². The fourth-order valence-corrected chi connectivity index (χ4v) is 27.4. The summed E-state index contributed by atoms with van der Waals surface area (Å²) in [5, 5.41) is 21.4. The SMILES string of the molecule is C[C@H](C=O)[C@H]1CC[C@H]2[C@@H](C)CCC[C@]12C.[2H]C([2H])([2H])C(/C=C/[C@H](O)[C@@H](C)[C@H]1CC[C@H]2[C@@H](C)CCC[C@]12C)(OCOC)C([2H])([2H])[2H].[2H]C([2H])([2H])C(/C=C/[C@H](OP(=O)(OCC)OCC)[C@@H](C)[C@H]1CC[C@H]2[C@@H](C)CCC[C@]12C)(OCOC)C([2H])([2H])[2H].[2H]C([2H])([2H])C(OCOC)([C@@H](N)/C=C/[C@@H](C)[C@H]1CC[C@H]2[C@@H](C)CCC[C@]12C)C([2H])([2H])[2H].[2H]C([2H])([2H])C(OCOC)([C@@H](N)/C=C/[C@@H](C)[C@H]1CC[C@H]2[C@@H](O)CCC[C@]12C)C([2H])([2H])[2H]. The summed E-state index contributed by atoms with van der Waals surface area (Å²) >= 11 is 0. The number of methoxy groups -OCH3 is 4. The van der Waals surface area contributed by atoms with Crippen molar-refractivity contribution in [1.82, 2.24) is 0 Å². The zero-order valence-electron chi connectivity index (χ0n) is 101. The van der Waals surface area contributed by atoms with Gasteiger partial charge in [0.25, 0.3) is 0 Å². The Kier molecular flexibility index (Phi) is 29.3. The van der Waals surface area contributed by atoms with Gasteiger partial charge in [-0.1, -0.05) is 203 Å². The van der Waals surface area contributed by atoms with E-state index in [0.29, 0.717) is 52.8 Å². The molecule has 6 N–H and O–H groups in total. The van der Waals surface area contributed by atoms with Crippen LogP contribution in [-0.2, 0) is 60.8 Å². The molecule has 10 saturated carbocycles. The quantitative estimate of drug-likeness (QED) is 0.0198. The second-order valence-corrected chi connectivity index (χ2v) is 41.5. The summed E-state index contributed by atoms with van der Waals surface area (Å²) in [7, 11) is 1.17. The van der Waals surface area contributed by atoms with Crippen LogP contribution in [0.1, 0.15) is 359 Å². The van der Waals surface area contributed by atoms with Gasteiger partial charge < -0.3 is 64.4 Å². The van der Waals surface area contributed by atoms with Gasteiger partial charge in [-0.05, 0) is 305 Å². The van der Waals surface area contributed by atoms with Crippen molar-refractivity contribution in [2.24, 2.45) is 151 Å². The number of fused-ring (bicyclic) bond motifs is 5. The lowest BCUT2D eigenvalue weighted by atomic mass is 9.59. The molecule has 0 bridgehead atoms. The molecule has 694 valence electrons. The predicted molar refractivity (Wildman–Crippen MR) is 488 cm³/mol. The number of phosphoric acid groups is 1. The topological polar surface area (TPSA) is 228 Å². The molecule has 0 aromatic rings. The smallest absolute Gasteiger partial charge is 0.393 e. The van der Waals surface area contributed by atoms with Crippen LogP contribution in [0.5, 0.6) is 0 Å². The van der Waals surface area contributed by atoms with Crippen LogP contribution in [0, 0.1) is 140 Å². The molecule has 0 amide bonds. The Balaban J connectivity index is 0.000000279. The molecule has 0 aliphatic heterocycles. The molecule has 18 heteroatoms. The normalized spacial score (nSPS) is 40.4. The van der Waals surface area contributed by atoms with Crippen LogP contribution in [0.3, 0.4) is 0 Å². The standard InChI is InChI=1S/C25H47O6P.C21H39NO2.C21H38O3.C20H37NO3.C14H24O/c1-9-29-32(26,30-10-2)31-23(15-17-24(5,6)28-18-27-8)20(4)22-14-13-21-19(3)12-11-16-25(21,22)7;1-15-8-7-13-21(5)17(15)10-11-18(21)16(2)9-12-19(22)20(3,4)24-14-23-6;1-15-8-7-12-21(5)17(15)9-10-18(21)16(2)19(22)11-13-20(3,4)24-14-23-6;1-14(8-11-18(21)19(2,3)24-13-23-5)15-9-10-16-17(22)7-6-12-20(15,16)4;1-10-5-4-8-14(3)12(10)6-7-13(14)11(2)9-15/h15,17,19-23H,9-14,16,18H2,1-8H3;9,12,15-19H,7-8,10-11,13-14,22H2,1-6H3;11,13,15-19,22H,7-10,12,14H2,1-6H3;8,11,14-18,22H,6-7,9-10,12-13,21H2,1-5H3;9-13H,4-8H2,1-3H3/b17-15+;12-9+;13-11+;11-8+;/t19-,20-,21-,22+,23-,25-;15-,16+,17-,18+,19-,21-;15-,16-,17-,18+,19-,21-;14-,15-,16+,17+,18+,20-;10-,11+,12-,13+,14-/m00010/s1/i5D3,6D3;2*3D3,4D3;2D3,3D3;. The van der Waals surface area contributed by atoms with Gasteiger partial charge in [-0.2, -0.15) is 0 Å². The van der Waals surface area contributed by atoms with Gasteiger partial charge in [-0.25, -0.2) is 4.57 Å². The highest BCUT2D eigenvalue weighted by molar-refractivity contribution is 7.48. The fraction of sp³-hybridized carbons (Fsp3) is 0.911. The van der Waals surface area contributed by atoms with Crippen molar-refractivity contribution in [3.05, 3.63) is 48.6 Å². The number of carbonyl (C=O) groups is 1. The lowest BCUT2D eigenvalue weighted by molar-refractivity contribution is -0.118. The monoisotopic (exact) mass is 1720 g/mol. The number of allylic oxidation sites excluding steroid dienone is 2. The average Bonchev–Trinajstić information content (AvgIpc) is 1.69. The van der Waals surface area contributed by atoms with Crippen molar-refractivity contribution in [2.75, 3.05) is 68.8 Å². The van der Waals surface area contributed by atoms with Gasteiger partial charge in [-0.15, -0.1) is 0 Å². The minimum absolute atomic E-state index is 0.0171. The summed E-state index contributed by atoms with van der Waals surface area (Å²) in [4.78, 5) is 11.0. The van der Waals surface area contributed by atoms with E-state index >= 15 is 0 Å². The predicted octanol–water partition coefficient (Wildman–Crippen LogP) is 23.7. The second-order valence-electron chi connectivity index (χ2n) is 39.9. The van der Waals surface area contributed by atoms with Gasteiger partial charge in [-0.3, -0.25) is 13.6 Å². The summed E-state index contributed by atoms with van der Waals surface area (Å²) < 4.78 is 261. The minimum Gasteiger partial charge on any atom is -0.393 e. The number of hydrogen-bond donors (Lipinski definition) is 4. The highest BCUT2D eigenvalue weighted by Crippen LogP contribution is 2.65. The van der Waals surface area contributed by atoms with Gasteiger partial charge >= 0.3 is 7.82 Å². The average molecular weight is 1720 g/mol. The zero-order chi connectivity index (χ0) is 109. The Bertz CT molecular complexity index is 3870. The Hall–Kier alpha value is -1.74. The largest absolute Gasteiger partial charge is 0.475 e. The highest BCUT2D eigenvalue weighted by atomic mass is 31.2. The molecule has 17 nitrogen and oxygen atoms in total. The maximum Gasteiger partial charge on any atom is 0.475 e. The Labute approximate surface area is 762 Å². The first-order valence-corrected chi connectivity index (χ1v) is 47.4. The Morgan fingerprint density at radius 1 is 0.429 bits per heavy atom. The van der Waals surface area contributed by atoms with Crippen molar-refractivity contribution in [1.29, 1.82) is 0 Å². The first-order valence-electron chi connectivity index (χ1n) is 57.9. The molecule has 0 aromatic carbocycles. The van der Waals surface area contributed by atoms with Crippen molar-refractivity contribution in [3.8, 4) is 0 Å². The Morgan fingerprint density at radius 3 is 1.10 bits per heavy atom. The molecular formula is C101H185N2O15P. The van der Waals surface area contributed by atoms with Crippen LogP contribution >= 0.6 is 7.82 Å². The maximum absolute atomic E-state index is 13.5. The summed E-state index contributed by atoms with van der Waals surface area (Å²) in [6, 6.07) is -2.71. The number of rotatable bonds is 36. The number of hydrogen-bond acceptors (Lipinski definition) is 17. The minimum atomic E-state index is -4.02. The molecule has 10 rings (SSSR count). The van der Waals surface area contributed by atoms with Gasteiger partial charge in [0.2, 0.25) is 0 Å². The van der Waals surface area contributed by atoms with Crippen LogP contribution in [0.15, 0.2) is 48.6 Å². The molecule has 10 aliphatic carbocycles. The van der Waals surface area contributed by atoms with E-state index in [2.05, 4.69) is 76.2 Å². The fourth-order valence-electron chi connectivity index (χ4n) is 26.0. The lowest BCUT2D eigenvalue weighted by Crippen LogP contribution is -2.44. The third-order valence-corrected chi connectivity index (χ3v) is 34.1. The van der Waals surface area contributed by atoms with Crippen LogP contribution in [0.4, 0.5) is 0 Å². The van der Waals surface area contributed by atoms with Gasteiger partial charge in [0.15, 0.2) is 0 Å². The second kappa shape index (κ2) is 47.0. The molecular weight excluding hydrogens is 1510 g/mol. The molecule has 0 aromatic heterocycles. The molecule has 0 heterocycles. The van der Waals surface area contributed by atoms with Crippen LogP contribution in [0.25, 0.3) is 0 Å². The third-order valence-electron chi connectivity index (χ3n) is 32.5. The first-order chi connectivity index (χ1) is 65.8. The van der Waals surface area contributed by atoms with Gasteiger partial charge in [0, 0.05) is 67.3 Å². The molecule has 0 saturated heterocycles. The lowest BCUT2D eigenvalue weighted by Gasteiger charge is -2.47. The molecule has 10 fully saturated rings. The van der Waals surface area contributed by atoms with E-state index in [9.17, 15) is 19.6 Å². The van der Waals surface area contributed by atoms with E-state index in [1.54, 1.807) is 13.8 Å². The third kappa shape index (κ3) is 27.4. The number of aliphatic hydroxyl groups is 2. The number of aliphatic hydroxyl groups excluding tert-OH is 2. The van der Waals surface area contributed by atoms with E-state index in [4.69, 9.17) is 95.8 Å². The Morgan fingerprint density at radius 2 is 0.748 bits per heavy atom. The van der Waals surface area contributed by atoms with Crippen LogP contribution < -0.4 is 11.5 Å².